The van der Waals surface area contributed by atoms with Crippen molar-refractivity contribution in [3.8, 4) is 23.0 Å². The minimum atomic E-state index is -0.435. The Morgan fingerprint density at radius 1 is 1.08 bits per heavy atom. The van der Waals surface area contributed by atoms with Gasteiger partial charge in [-0.15, -0.1) is 0 Å². The molecule has 0 aliphatic carbocycles. The topological polar surface area (TPSA) is 71.1 Å². The van der Waals surface area contributed by atoms with E-state index in [1.165, 1.54) is 13.0 Å². The number of benzene rings is 2. The average molecular weight is 324 g/mol. The summed E-state index contributed by atoms with van der Waals surface area (Å²) in [5.41, 5.74) is 1.19. The summed E-state index contributed by atoms with van der Waals surface area (Å²) in [6, 6.07) is 10.0. The van der Waals surface area contributed by atoms with Crippen molar-refractivity contribution in [1.82, 2.24) is 0 Å². The molecule has 0 radical (unpaired) electrons. The zero-order valence-corrected chi connectivity index (χ0v) is 12.7. The Morgan fingerprint density at radius 3 is 2.75 bits per heavy atom. The van der Waals surface area contributed by atoms with Crippen molar-refractivity contribution in [3.05, 3.63) is 53.3 Å². The maximum atomic E-state index is 12.4. The minimum absolute atomic E-state index is 0.190. The van der Waals surface area contributed by atoms with Gasteiger partial charge in [-0.3, -0.25) is 9.59 Å². The third-order valence-electron chi connectivity index (χ3n) is 3.60. The number of carbonyl (C=O) groups is 2. The standard InChI is InChI=1S/C18H12O6/c1-10(19)23-12-3-4-13-15(8-12)24-17(18(13)20)7-11-2-5-14-16(6-11)22-9-21-14/h2-8H,9H2,1H3/b17-7+. The van der Waals surface area contributed by atoms with Gasteiger partial charge < -0.3 is 18.9 Å². The lowest BCUT2D eigenvalue weighted by Crippen LogP contribution is -2.01. The number of hydrogen-bond acceptors (Lipinski definition) is 6. The maximum Gasteiger partial charge on any atom is 0.308 e. The van der Waals surface area contributed by atoms with Crippen LogP contribution >= 0.6 is 0 Å². The van der Waals surface area contributed by atoms with Crippen molar-refractivity contribution in [2.75, 3.05) is 6.79 Å². The van der Waals surface area contributed by atoms with Crippen LogP contribution in [0.5, 0.6) is 23.0 Å². The second-order valence-electron chi connectivity index (χ2n) is 5.30. The molecule has 0 spiro atoms. The highest BCUT2D eigenvalue weighted by Crippen LogP contribution is 2.36. The summed E-state index contributed by atoms with van der Waals surface area (Å²) < 4.78 is 21.2. The molecule has 0 aromatic heterocycles. The number of ether oxygens (including phenoxy) is 4. The second kappa shape index (κ2) is 5.42. The van der Waals surface area contributed by atoms with Crippen molar-refractivity contribution < 1.29 is 28.5 Å². The summed E-state index contributed by atoms with van der Waals surface area (Å²) in [6.45, 7) is 1.50. The van der Waals surface area contributed by atoms with Crippen molar-refractivity contribution >= 4 is 17.8 Å². The lowest BCUT2D eigenvalue weighted by molar-refractivity contribution is -0.131. The number of fused-ring (bicyclic) bond motifs is 2. The van der Waals surface area contributed by atoms with Crippen LogP contribution in [0.25, 0.3) is 6.08 Å². The first-order valence-corrected chi connectivity index (χ1v) is 7.26. The van der Waals surface area contributed by atoms with Gasteiger partial charge in [0.1, 0.15) is 11.5 Å². The van der Waals surface area contributed by atoms with Gasteiger partial charge in [0.15, 0.2) is 17.3 Å². The molecule has 2 aromatic rings. The first-order valence-electron chi connectivity index (χ1n) is 7.26. The van der Waals surface area contributed by atoms with Crippen LogP contribution in [0, 0.1) is 0 Å². The van der Waals surface area contributed by atoms with E-state index in [0.717, 1.165) is 5.56 Å². The van der Waals surface area contributed by atoms with Crippen LogP contribution in [0.3, 0.4) is 0 Å². The van der Waals surface area contributed by atoms with E-state index in [-0.39, 0.29) is 18.3 Å². The molecule has 0 amide bonds. The third kappa shape index (κ3) is 2.48. The van der Waals surface area contributed by atoms with Crippen LogP contribution in [0.1, 0.15) is 22.8 Å². The fraction of sp³-hybridized carbons (Fsp3) is 0.111. The van der Waals surface area contributed by atoms with Gasteiger partial charge in [-0.05, 0) is 35.9 Å². The van der Waals surface area contributed by atoms with E-state index < -0.39 is 5.97 Å². The lowest BCUT2D eigenvalue weighted by atomic mass is 10.1. The highest BCUT2D eigenvalue weighted by Gasteiger charge is 2.28. The van der Waals surface area contributed by atoms with Gasteiger partial charge in [-0.1, -0.05) is 6.07 Å². The van der Waals surface area contributed by atoms with E-state index in [4.69, 9.17) is 18.9 Å². The number of esters is 1. The molecular weight excluding hydrogens is 312 g/mol. The van der Waals surface area contributed by atoms with Gasteiger partial charge in [0.25, 0.3) is 0 Å². The smallest absolute Gasteiger partial charge is 0.308 e. The van der Waals surface area contributed by atoms with Gasteiger partial charge in [0.2, 0.25) is 12.6 Å². The predicted molar refractivity (Wildman–Crippen MR) is 83.3 cm³/mol. The molecule has 0 saturated heterocycles. The number of rotatable bonds is 2. The molecule has 2 aliphatic heterocycles. The van der Waals surface area contributed by atoms with E-state index in [0.29, 0.717) is 28.6 Å². The predicted octanol–water partition coefficient (Wildman–Crippen LogP) is 2.96. The van der Waals surface area contributed by atoms with Crippen molar-refractivity contribution in [3.63, 3.8) is 0 Å². The fourth-order valence-corrected chi connectivity index (χ4v) is 2.55. The molecule has 0 bridgehead atoms. The van der Waals surface area contributed by atoms with Crippen LogP contribution in [0.2, 0.25) is 0 Å². The van der Waals surface area contributed by atoms with Crippen LogP contribution in [0.15, 0.2) is 42.2 Å². The zero-order valence-electron chi connectivity index (χ0n) is 12.7. The minimum Gasteiger partial charge on any atom is -0.454 e. The Labute approximate surface area is 137 Å². The van der Waals surface area contributed by atoms with Crippen LogP contribution in [-0.2, 0) is 4.79 Å². The molecule has 0 saturated carbocycles. The summed E-state index contributed by atoms with van der Waals surface area (Å²) in [4.78, 5) is 23.4. The van der Waals surface area contributed by atoms with Gasteiger partial charge in [-0.2, -0.15) is 0 Å². The number of hydrogen-bond donors (Lipinski definition) is 0. The molecular formula is C18H12O6. The Hall–Kier alpha value is -3.28. The normalized spacial score (nSPS) is 16.0. The van der Waals surface area contributed by atoms with E-state index in [2.05, 4.69) is 0 Å². The molecule has 4 rings (SSSR count). The zero-order chi connectivity index (χ0) is 16.7. The van der Waals surface area contributed by atoms with E-state index in [1.54, 1.807) is 30.3 Å². The van der Waals surface area contributed by atoms with E-state index >= 15 is 0 Å². The molecule has 2 aliphatic rings. The van der Waals surface area contributed by atoms with Crippen LogP contribution in [-0.4, -0.2) is 18.5 Å². The number of carbonyl (C=O) groups excluding carboxylic acids is 2. The van der Waals surface area contributed by atoms with Crippen molar-refractivity contribution in [2.45, 2.75) is 6.92 Å². The van der Waals surface area contributed by atoms with Gasteiger partial charge in [-0.25, -0.2) is 0 Å². The quantitative estimate of drug-likeness (QED) is 0.480. The molecule has 2 heterocycles. The molecule has 0 atom stereocenters. The summed E-state index contributed by atoms with van der Waals surface area (Å²) in [6.07, 6.45) is 1.63. The Morgan fingerprint density at radius 2 is 1.92 bits per heavy atom. The molecule has 24 heavy (non-hydrogen) atoms. The molecule has 120 valence electrons. The fourth-order valence-electron chi connectivity index (χ4n) is 2.55. The first kappa shape index (κ1) is 14.3. The lowest BCUT2D eigenvalue weighted by Gasteiger charge is -2.03. The van der Waals surface area contributed by atoms with Gasteiger partial charge in [0, 0.05) is 13.0 Å². The van der Waals surface area contributed by atoms with E-state index in [1.807, 2.05) is 6.07 Å². The molecule has 6 nitrogen and oxygen atoms in total. The van der Waals surface area contributed by atoms with Gasteiger partial charge in [0.05, 0.1) is 5.56 Å². The Bertz CT molecular complexity index is 896. The summed E-state index contributed by atoms with van der Waals surface area (Å²) in [7, 11) is 0. The largest absolute Gasteiger partial charge is 0.454 e. The molecule has 0 unspecified atom stereocenters. The average Bonchev–Trinajstić information content (AvgIpc) is 3.11. The molecule has 0 N–H and O–H groups in total. The Kier molecular flexibility index (Phi) is 3.23. The van der Waals surface area contributed by atoms with Gasteiger partial charge >= 0.3 is 5.97 Å². The number of ketones is 1. The monoisotopic (exact) mass is 324 g/mol. The third-order valence-corrected chi connectivity index (χ3v) is 3.60. The van der Waals surface area contributed by atoms with Crippen LogP contribution in [0.4, 0.5) is 0 Å². The van der Waals surface area contributed by atoms with Crippen LogP contribution < -0.4 is 18.9 Å². The van der Waals surface area contributed by atoms with Crippen molar-refractivity contribution in [2.24, 2.45) is 0 Å². The molecule has 2 aromatic carbocycles. The van der Waals surface area contributed by atoms with Crippen molar-refractivity contribution in [1.29, 1.82) is 0 Å². The number of allylic oxidation sites excluding steroid dienone is 1. The first-order chi connectivity index (χ1) is 11.6. The summed E-state index contributed by atoms with van der Waals surface area (Å²) in [5.74, 6) is 1.54. The number of Topliss-reactive ketones (excluding diaryl/α,β-unsaturated/α-hetero) is 1. The molecule has 6 heteroatoms. The highest BCUT2D eigenvalue weighted by atomic mass is 16.7. The summed E-state index contributed by atoms with van der Waals surface area (Å²) >= 11 is 0. The highest BCUT2D eigenvalue weighted by molar-refractivity contribution is 6.14. The summed E-state index contributed by atoms with van der Waals surface area (Å²) in [5, 5.41) is 0. The Balaban J connectivity index is 1.63. The van der Waals surface area contributed by atoms with E-state index in [9.17, 15) is 9.59 Å². The SMILES string of the molecule is CC(=O)Oc1ccc2c(c1)O/C(=C/c1ccc3c(c1)OCO3)C2=O. The molecule has 0 fully saturated rings. The second-order valence-corrected chi connectivity index (χ2v) is 5.30. The maximum absolute atomic E-state index is 12.4.